The normalized spacial score (nSPS) is 17.4. The Hall–Kier alpha value is -1.27. The van der Waals surface area contributed by atoms with Crippen molar-refractivity contribution in [3.8, 4) is 5.75 Å². The summed E-state index contributed by atoms with van der Waals surface area (Å²) >= 11 is 0. The topological polar surface area (TPSA) is 30.5 Å². The minimum atomic E-state index is -4.66. The van der Waals surface area contributed by atoms with Gasteiger partial charge in [0, 0.05) is 0 Å². The summed E-state index contributed by atoms with van der Waals surface area (Å²) in [6.07, 6.45) is -2.63. The molecule has 1 aliphatic rings. The largest absolute Gasteiger partial charge is 0.573 e. The lowest BCUT2D eigenvalue weighted by Gasteiger charge is -2.23. The first-order chi connectivity index (χ1) is 9.03. The fourth-order valence-corrected chi connectivity index (χ4v) is 2.01. The predicted molar refractivity (Wildman–Crippen MR) is 63.8 cm³/mol. The van der Waals surface area contributed by atoms with Gasteiger partial charge in [-0.05, 0) is 43.6 Å². The summed E-state index contributed by atoms with van der Waals surface area (Å²) in [5.41, 5.74) is 0.681. The van der Waals surface area contributed by atoms with Gasteiger partial charge < -0.3 is 14.8 Å². The molecule has 3 nitrogen and oxygen atoms in total. The van der Waals surface area contributed by atoms with E-state index in [2.05, 4.69) is 10.1 Å². The number of alkyl halides is 3. The molecule has 0 aliphatic carbocycles. The molecule has 0 atom stereocenters. The van der Waals surface area contributed by atoms with Gasteiger partial charge in [0.15, 0.2) is 0 Å². The third-order valence-electron chi connectivity index (χ3n) is 2.90. The monoisotopic (exact) mass is 275 g/mol. The van der Waals surface area contributed by atoms with Crippen LogP contribution < -0.4 is 10.1 Å². The number of nitrogens with one attached hydrogen (secondary N) is 1. The van der Waals surface area contributed by atoms with Crippen LogP contribution in [0.25, 0.3) is 0 Å². The lowest BCUT2D eigenvalue weighted by atomic mass is 10.1. The minimum Gasteiger partial charge on any atom is -0.406 e. The molecule has 6 heteroatoms. The van der Waals surface area contributed by atoms with Gasteiger partial charge in [0.05, 0.1) is 12.7 Å². The van der Waals surface area contributed by atoms with Crippen molar-refractivity contribution in [2.24, 2.45) is 0 Å². The number of piperidine rings is 1. The molecule has 19 heavy (non-hydrogen) atoms. The smallest absolute Gasteiger partial charge is 0.406 e. The molecule has 0 aromatic heterocycles. The molecule has 1 fully saturated rings. The number of hydrogen-bond acceptors (Lipinski definition) is 3. The number of hydrogen-bond donors (Lipinski definition) is 1. The summed E-state index contributed by atoms with van der Waals surface area (Å²) in [5, 5.41) is 3.22. The Kier molecular flexibility index (Phi) is 4.66. The highest BCUT2D eigenvalue weighted by Gasteiger charge is 2.31. The van der Waals surface area contributed by atoms with E-state index in [-0.39, 0.29) is 11.9 Å². The Labute approximate surface area is 109 Å². The third-order valence-corrected chi connectivity index (χ3v) is 2.90. The molecular weight excluding hydrogens is 259 g/mol. The average Bonchev–Trinajstić information content (AvgIpc) is 2.36. The highest BCUT2D eigenvalue weighted by Crippen LogP contribution is 2.23. The number of benzene rings is 1. The van der Waals surface area contributed by atoms with Gasteiger partial charge in [-0.1, -0.05) is 12.1 Å². The maximum atomic E-state index is 12.1. The van der Waals surface area contributed by atoms with Crippen LogP contribution in [0, 0.1) is 0 Å². The minimum absolute atomic E-state index is 0.174. The van der Waals surface area contributed by atoms with Gasteiger partial charge in [0.2, 0.25) is 0 Å². The van der Waals surface area contributed by atoms with Crippen molar-refractivity contribution in [2.75, 3.05) is 13.1 Å². The van der Waals surface area contributed by atoms with Gasteiger partial charge in [-0.15, -0.1) is 13.2 Å². The number of rotatable bonds is 4. The first-order valence-corrected chi connectivity index (χ1v) is 6.20. The standard InChI is InChI=1S/C13H16F3NO2/c14-13(15,16)19-12-3-1-2-10(8-12)9-18-11-4-6-17-7-5-11/h1-3,8,11,17H,4-7,9H2. The molecule has 0 bridgehead atoms. The van der Waals surface area contributed by atoms with Crippen molar-refractivity contribution in [1.29, 1.82) is 0 Å². The van der Waals surface area contributed by atoms with E-state index in [1.165, 1.54) is 18.2 Å². The lowest BCUT2D eigenvalue weighted by Crippen LogP contribution is -2.32. The van der Waals surface area contributed by atoms with Crippen molar-refractivity contribution < 1.29 is 22.6 Å². The highest BCUT2D eigenvalue weighted by molar-refractivity contribution is 5.28. The molecule has 106 valence electrons. The summed E-state index contributed by atoms with van der Waals surface area (Å²) in [7, 11) is 0. The molecule has 0 amide bonds. The van der Waals surface area contributed by atoms with Crippen LogP contribution in [0.5, 0.6) is 5.75 Å². The third kappa shape index (κ3) is 5.08. The van der Waals surface area contributed by atoms with Crippen LogP contribution in [0.4, 0.5) is 13.2 Å². The van der Waals surface area contributed by atoms with Crippen LogP contribution in [0.3, 0.4) is 0 Å². The van der Waals surface area contributed by atoms with Crippen molar-refractivity contribution >= 4 is 0 Å². The molecule has 0 unspecified atom stereocenters. The zero-order chi connectivity index (χ0) is 13.7. The van der Waals surface area contributed by atoms with Crippen molar-refractivity contribution in [3.63, 3.8) is 0 Å². The summed E-state index contributed by atoms with van der Waals surface area (Å²) in [4.78, 5) is 0. The van der Waals surface area contributed by atoms with E-state index in [4.69, 9.17) is 4.74 Å². The fourth-order valence-electron chi connectivity index (χ4n) is 2.01. The molecule has 1 aromatic rings. The van der Waals surface area contributed by atoms with Crippen molar-refractivity contribution in [2.45, 2.75) is 31.9 Å². The molecule has 2 rings (SSSR count). The molecule has 0 saturated carbocycles. The van der Waals surface area contributed by atoms with Crippen molar-refractivity contribution in [1.82, 2.24) is 5.32 Å². The Bertz CT molecular complexity index is 403. The Morgan fingerprint density at radius 1 is 1.21 bits per heavy atom. The second-order valence-electron chi connectivity index (χ2n) is 4.46. The molecule has 1 saturated heterocycles. The molecule has 1 heterocycles. The molecule has 0 spiro atoms. The van der Waals surface area contributed by atoms with E-state index in [1.54, 1.807) is 6.07 Å². The van der Waals surface area contributed by atoms with Crippen LogP contribution >= 0.6 is 0 Å². The van der Waals surface area contributed by atoms with E-state index in [0.717, 1.165) is 25.9 Å². The Morgan fingerprint density at radius 2 is 1.95 bits per heavy atom. The van der Waals surface area contributed by atoms with E-state index >= 15 is 0 Å². The van der Waals surface area contributed by atoms with Gasteiger partial charge in [0.1, 0.15) is 5.75 Å². The zero-order valence-corrected chi connectivity index (χ0v) is 10.4. The number of ether oxygens (including phenoxy) is 2. The fraction of sp³-hybridized carbons (Fsp3) is 0.538. The van der Waals surface area contributed by atoms with Gasteiger partial charge in [0.25, 0.3) is 0 Å². The molecule has 1 aliphatic heterocycles. The SMILES string of the molecule is FC(F)(F)Oc1cccc(COC2CCNCC2)c1. The van der Waals surface area contributed by atoms with Gasteiger partial charge in [-0.25, -0.2) is 0 Å². The summed E-state index contributed by atoms with van der Waals surface area (Å²) in [6, 6.07) is 5.89. The van der Waals surface area contributed by atoms with Crippen LogP contribution in [0.1, 0.15) is 18.4 Å². The van der Waals surface area contributed by atoms with Gasteiger partial charge >= 0.3 is 6.36 Å². The summed E-state index contributed by atoms with van der Waals surface area (Å²) in [5.74, 6) is -0.209. The van der Waals surface area contributed by atoms with Gasteiger partial charge in [-0.2, -0.15) is 0 Å². The maximum Gasteiger partial charge on any atom is 0.573 e. The Morgan fingerprint density at radius 3 is 2.63 bits per heavy atom. The second-order valence-corrected chi connectivity index (χ2v) is 4.46. The van der Waals surface area contributed by atoms with Gasteiger partial charge in [-0.3, -0.25) is 0 Å². The second kappa shape index (κ2) is 6.25. The quantitative estimate of drug-likeness (QED) is 0.916. The summed E-state index contributed by atoms with van der Waals surface area (Å²) in [6.45, 7) is 2.14. The first-order valence-electron chi connectivity index (χ1n) is 6.20. The predicted octanol–water partition coefficient (Wildman–Crippen LogP) is 2.85. The molecule has 0 radical (unpaired) electrons. The van der Waals surface area contributed by atoms with Crippen LogP contribution in [-0.4, -0.2) is 25.6 Å². The number of halogens is 3. The molecule has 1 N–H and O–H groups in total. The van der Waals surface area contributed by atoms with Crippen LogP contribution in [0.15, 0.2) is 24.3 Å². The lowest BCUT2D eigenvalue weighted by molar-refractivity contribution is -0.274. The van der Waals surface area contributed by atoms with Crippen molar-refractivity contribution in [3.05, 3.63) is 29.8 Å². The zero-order valence-electron chi connectivity index (χ0n) is 10.4. The van der Waals surface area contributed by atoms with E-state index in [9.17, 15) is 13.2 Å². The molecule has 1 aromatic carbocycles. The first kappa shape index (κ1) is 14.1. The van der Waals surface area contributed by atoms with E-state index in [1.807, 2.05) is 0 Å². The van der Waals surface area contributed by atoms with E-state index in [0.29, 0.717) is 12.2 Å². The average molecular weight is 275 g/mol. The van der Waals surface area contributed by atoms with E-state index < -0.39 is 6.36 Å². The molecular formula is C13H16F3NO2. The summed E-state index contributed by atoms with van der Waals surface area (Å²) < 4.78 is 45.8. The Balaban J connectivity index is 1.87. The van der Waals surface area contributed by atoms with Crippen LogP contribution in [-0.2, 0) is 11.3 Å². The highest BCUT2D eigenvalue weighted by atomic mass is 19.4. The van der Waals surface area contributed by atoms with Crippen LogP contribution in [0.2, 0.25) is 0 Å². The maximum absolute atomic E-state index is 12.1.